The van der Waals surface area contributed by atoms with Crippen LogP contribution in [0, 0.1) is 11.3 Å². The first-order chi connectivity index (χ1) is 18.7. The van der Waals surface area contributed by atoms with Crippen LogP contribution in [0.4, 0.5) is 0 Å². The molecule has 2 amide bonds. The number of carbonyl (C=O) groups is 3. The predicted octanol–water partition coefficient (Wildman–Crippen LogP) is 2.21. The van der Waals surface area contributed by atoms with Crippen molar-refractivity contribution in [2.24, 2.45) is 17.1 Å². The SMILES string of the molecule is CC(C)(N)C(=O)N[C@H](COCc1ccccc1)C(=O)C1NCCC2CN(C3CC3)C(=O)C21Cc1ccccc1. The highest BCUT2D eigenvalue weighted by atomic mass is 16.5. The fourth-order valence-electron chi connectivity index (χ4n) is 6.14. The molecule has 0 aromatic heterocycles. The van der Waals surface area contributed by atoms with Crippen molar-refractivity contribution in [1.29, 1.82) is 0 Å². The first-order valence-corrected chi connectivity index (χ1v) is 14.0. The van der Waals surface area contributed by atoms with Gasteiger partial charge in [-0.25, -0.2) is 0 Å². The van der Waals surface area contributed by atoms with Gasteiger partial charge < -0.3 is 26.0 Å². The average Bonchev–Trinajstić information content (AvgIpc) is 3.73. The molecule has 0 bridgehead atoms. The summed E-state index contributed by atoms with van der Waals surface area (Å²) in [5.41, 5.74) is 5.99. The highest BCUT2D eigenvalue weighted by molar-refractivity contribution is 6.00. The molecule has 2 aromatic rings. The maximum absolute atomic E-state index is 14.4. The van der Waals surface area contributed by atoms with Crippen LogP contribution in [0.3, 0.4) is 0 Å². The van der Waals surface area contributed by atoms with Gasteiger partial charge in [-0.15, -0.1) is 0 Å². The first-order valence-electron chi connectivity index (χ1n) is 14.0. The van der Waals surface area contributed by atoms with Gasteiger partial charge in [0.05, 0.1) is 30.2 Å². The maximum Gasteiger partial charge on any atom is 0.240 e. The van der Waals surface area contributed by atoms with Crippen LogP contribution in [0.25, 0.3) is 0 Å². The number of benzene rings is 2. The Kier molecular flexibility index (Phi) is 7.89. The van der Waals surface area contributed by atoms with Crippen molar-refractivity contribution >= 4 is 17.6 Å². The Hall–Kier alpha value is -3.07. The average molecular weight is 533 g/mol. The Morgan fingerprint density at radius 2 is 1.72 bits per heavy atom. The zero-order chi connectivity index (χ0) is 27.6. The van der Waals surface area contributed by atoms with Crippen LogP contribution >= 0.6 is 0 Å². The van der Waals surface area contributed by atoms with Crippen LogP contribution in [-0.2, 0) is 32.1 Å². The van der Waals surface area contributed by atoms with Gasteiger partial charge in [-0.2, -0.15) is 0 Å². The van der Waals surface area contributed by atoms with Crippen LogP contribution in [0.1, 0.15) is 44.2 Å². The Morgan fingerprint density at radius 3 is 2.33 bits per heavy atom. The second-order valence-electron chi connectivity index (χ2n) is 11.9. The van der Waals surface area contributed by atoms with Crippen molar-refractivity contribution in [3.05, 3.63) is 71.8 Å². The Bertz CT molecular complexity index is 1180. The summed E-state index contributed by atoms with van der Waals surface area (Å²) in [5, 5.41) is 6.29. The summed E-state index contributed by atoms with van der Waals surface area (Å²) in [6, 6.07) is 18.2. The summed E-state index contributed by atoms with van der Waals surface area (Å²) in [4.78, 5) is 43.7. The zero-order valence-corrected chi connectivity index (χ0v) is 22.9. The lowest BCUT2D eigenvalue weighted by molar-refractivity contribution is -0.146. The number of carbonyl (C=O) groups excluding carboxylic acids is 3. The van der Waals surface area contributed by atoms with Gasteiger partial charge in [-0.05, 0) is 63.1 Å². The number of rotatable bonds is 11. The lowest BCUT2D eigenvalue weighted by Gasteiger charge is -2.44. The van der Waals surface area contributed by atoms with Crippen molar-refractivity contribution in [2.45, 2.75) is 69.8 Å². The molecule has 1 saturated carbocycles. The van der Waals surface area contributed by atoms with Crippen molar-refractivity contribution in [2.75, 3.05) is 19.7 Å². The summed E-state index contributed by atoms with van der Waals surface area (Å²) in [6.45, 7) is 4.82. The van der Waals surface area contributed by atoms with Crippen molar-refractivity contribution < 1.29 is 19.1 Å². The summed E-state index contributed by atoms with van der Waals surface area (Å²) in [6.07, 6.45) is 3.33. The fourth-order valence-corrected chi connectivity index (χ4v) is 6.14. The van der Waals surface area contributed by atoms with Gasteiger partial charge >= 0.3 is 0 Å². The normalized spacial score (nSPS) is 25.7. The van der Waals surface area contributed by atoms with E-state index in [-0.39, 0.29) is 30.3 Å². The number of hydrogen-bond donors (Lipinski definition) is 3. The van der Waals surface area contributed by atoms with E-state index in [0.29, 0.717) is 26.1 Å². The first kappa shape index (κ1) is 27.5. The Morgan fingerprint density at radius 1 is 1.08 bits per heavy atom. The number of nitrogens with zero attached hydrogens (tertiary/aromatic N) is 1. The third-order valence-electron chi connectivity index (χ3n) is 8.40. The number of piperidine rings is 1. The molecule has 3 fully saturated rings. The molecule has 3 unspecified atom stereocenters. The Balaban J connectivity index is 1.45. The summed E-state index contributed by atoms with van der Waals surface area (Å²) < 4.78 is 5.97. The van der Waals surface area contributed by atoms with E-state index < -0.39 is 28.9 Å². The van der Waals surface area contributed by atoms with E-state index in [1.165, 1.54) is 0 Å². The molecule has 1 aliphatic carbocycles. The highest BCUT2D eigenvalue weighted by Gasteiger charge is 2.63. The standard InChI is InChI=1S/C31H40N4O4/c1-30(2,32)28(37)34-25(20-39-19-22-11-7-4-8-12-22)26(36)27-31(17-21-9-5-3-6-10-21)23(15-16-33-27)18-35(29(31)38)24-13-14-24/h3-12,23-25,27,33H,13-20,32H2,1-2H3,(H,34,37)/t23?,25-,27?,31?/m1/s1. The quantitative estimate of drug-likeness (QED) is 0.409. The lowest BCUT2D eigenvalue weighted by Crippen LogP contribution is -2.66. The van der Waals surface area contributed by atoms with Crippen LogP contribution in [0.5, 0.6) is 0 Å². The number of nitrogens with one attached hydrogen (secondary N) is 2. The van der Waals surface area contributed by atoms with Gasteiger partial charge in [-0.1, -0.05) is 60.7 Å². The molecule has 39 heavy (non-hydrogen) atoms. The number of fused-ring (bicyclic) bond motifs is 1. The third kappa shape index (κ3) is 5.78. The summed E-state index contributed by atoms with van der Waals surface area (Å²) >= 11 is 0. The molecule has 4 N–H and O–H groups in total. The van der Waals surface area contributed by atoms with Gasteiger partial charge in [0.1, 0.15) is 6.04 Å². The summed E-state index contributed by atoms with van der Waals surface area (Å²) in [7, 11) is 0. The number of nitrogens with two attached hydrogens (primary N) is 1. The van der Waals surface area contributed by atoms with E-state index in [9.17, 15) is 14.4 Å². The molecule has 5 rings (SSSR count). The van der Waals surface area contributed by atoms with Crippen LogP contribution in [0.2, 0.25) is 0 Å². The number of Topliss-reactive ketones (excluding diaryl/α,β-unsaturated/α-hetero) is 1. The minimum Gasteiger partial charge on any atom is -0.374 e. The van der Waals surface area contributed by atoms with Gasteiger partial charge in [0.15, 0.2) is 5.78 Å². The van der Waals surface area contributed by atoms with E-state index in [4.69, 9.17) is 10.5 Å². The van der Waals surface area contributed by atoms with Crippen molar-refractivity contribution in [1.82, 2.24) is 15.5 Å². The zero-order valence-electron chi connectivity index (χ0n) is 22.9. The van der Waals surface area contributed by atoms with E-state index in [2.05, 4.69) is 10.6 Å². The molecular weight excluding hydrogens is 492 g/mol. The molecule has 2 aliphatic heterocycles. The number of hydrogen-bond acceptors (Lipinski definition) is 6. The molecule has 4 atom stereocenters. The molecule has 3 aliphatic rings. The molecule has 8 heteroatoms. The second kappa shape index (κ2) is 11.2. The van der Waals surface area contributed by atoms with Gasteiger partial charge in [-0.3, -0.25) is 14.4 Å². The largest absolute Gasteiger partial charge is 0.374 e. The monoisotopic (exact) mass is 532 g/mol. The van der Waals surface area contributed by atoms with Crippen LogP contribution < -0.4 is 16.4 Å². The molecule has 208 valence electrons. The van der Waals surface area contributed by atoms with E-state index in [1.807, 2.05) is 65.6 Å². The van der Waals surface area contributed by atoms with E-state index >= 15 is 0 Å². The fraction of sp³-hybridized carbons (Fsp3) is 0.516. The highest BCUT2D eigenvalue weighted by Crippen LogP contribution is 2.50. The van der Waals surface area contributed by atoms with E-state index in [0.717, 1.165) is 30.4 Å². The number of ketones is 1. The molecule has 2 aromatic carbocycles. The number of ether oxygens (including phenoxy) is 1. The molecular formula is C31H40N4O4. The molecule has 0 spiro atoms. The van der Waals surface area contributed by atoms with Gasteiger partial charge in [0.2, 0.25) is 11.8 Å². The van der Waals surface area contributed by atoms with Crippen molar-refractivity contribution in [3.8, 4) is 0 Å². The van der Waals surface area contributed by atoms with Crippen molar-refractivity contribution in [3.63, 3.8) is 0 Å². The second-order valence-corrected chi connectivity index (χ2v) is 11.9. The molecule has 0 radical (unpaired) electrons. The lowest BCUT2D eigenvalue weighted by atomic mass is 9.63. The minimum absolute atomic E-state index is 0.0136. The van der Waals surface area contributed by atoms with Gasteiger partial charge in [0.25, 0.3) is 0 Å². The van der Waals surface area contributed by atoms with Crippen LogP contribution in [0.15, 0.2) is 60.7 Å². The number of likely N-dealkylation sites (tertiary alicyclic amines) is 1. The summed E-state index contributed by atoms with van der Waals surface area (Å²) in [5.74, 6) is -0.564. The molecule has 2 heterocycles. The predicted molar refractivity (Wildman–Crippen MR) is 149 cm³/mol. The topological polar surface area (TPSA) is 114 Å². The smallest absolute Gasteiger partial charge is 0.240 e. The maximum atomic E-state index is 14.4. The Labute approximate surface area is 230 Å². The molecule has 8 nitrogen and oxygen atoms in total. The van der Waals surface area contributed by atoms with Crippen LogP contribution in [-0.4, -0.2) is 65.9 Å². The third-order valence-corrected chi connectivity index (χ3v) is 8.40. The number of amides is 2. The molecule has 2 saturated heterocycles. The minimum atomic E-state index is -1.17. The van der Waals surface area contributed by atoms with Gasteiger partial charge in [0, 0.05) is 12.6 Å². The van der Waals surface area contributed by atoms with E-state index in [1.54, 1.807) is 13.8 Å².